The van der Waals surface area contributed by atoms with E-state index in [1.54, 1.807) is 0 Å². The van der Waals surface area contributed by atoms with E-state index in [2.05, 4.69) is 64.5 Å². The zero-order valence-corrected chi connectivity index (χ0v) is 57.3. The Bertz CT molecular complexity index is 8360. The molecule has 0 N–H and O–H groups in total. The van der Waals surface area contributed by atoms with Crippen molar-refractivity contribution < 1.29 is 38.1 Å². The minimum Gasteiger partial charge on any atom is -0.465 e. The monoisotopic (exact) mass is 1310 g/mol. The molecule has 0 saturated heterocycles. The summed E-state index contributed by atoms with van der Waals surface area (Å²) in [7, 11) is -4.50. The van der Waals surface area contributed by atoms with E-state index in [0.717, 1.165) is 113 Å². The first-order valence-electron chi connectivity index (χ1n) is 37.5. The Morgan fingerprint density at radius 3 is 0.750 bits per heavy atom. The lowest BCUT2D eigenvalue weighted by atomic mass is 9.65. The van der Waals surface area contributed by atoms with E-state index in [1.165, 1.54) is 226 Å². The Balaban J connectivity index is 0.908. The molecule has 10 heteroatoms. The normalized spacial score (nSPS) is 27.7. The van der Waals surface area contributed by atoms with Gasteiger partial charge in [0, 0.05) is 0 Å². The van der Waals surface area contributed by atoms with Gasteiger partial charge < -0.3 is 18.9 Å². The zero-order chi connectivity index (χ0) is 64.5. The number of rotatable bonds is 10. The number of hydrogen-bond acceptors (Lipinski definition) is 8. The van der Waals surface area contributed by atoms with Gasteiger partial charge in [0.1, 0.15) is 29.4 Å². The third kappa shape index (κ3) is 2.86. The summed E-state index contributed by atoms with van der Waals surface area (Å²) >= 11 is 0. The van der Waals surface area contributed by atoms with Crippen LogP contribution in [0.4, 0.5) is 0 Å². The van der Waals surface area contributed by atoms with Gasteiger partial charge in [0.15, 0.2) is 10.8 Å². The molecular formula is C90H44O8Si2. The van der Waals surface area contributed by atoms with Crippen molar-refractivity contribution in [2.24, 2.45) is 10.8 Å². The van der Waals surface area contributed by atoms with E-state index in [9.17, 15) is 0 Å². The molecule has 0 aromatic heterocycles. The maximum absolute atomic E-state index is 18.6. The highest BCUT2D eigenvalue weighted by atomic mass is 28.3. The molecule has 25 aromatic rings. The van der Waals surface area contributed by atoms with Crippen molar-refractivity contribution in [1.82, 2.24) is 0 Å². The van der Waals surface area contributed by atoms with E-state index in [1.807, 2.05) is 13.8 Å². The number of hydrogen-bond donors (Lipinski definition) is 0. The van der Waals surface area contributed by atoms with Crippen LogP contribution in [0.2, 0.25) is 36.3 Å². The first-order valence-corrected chi connectivity index (χ1v) is 42.8. The van der Waals surface area contributed by atoms with Gasteiger partial charge in [0.25, 0.3) is 0 Å². The van der Waals surface area contributed by atoms with Crippen LogP contribution in [0.3, 0.4) is 0 Å². The molecule has 6 unspecified atom stereocenters. The highest BCUT2D eigenvalue weighted by molar-refractivity contribution is 6.88. The molecule has 2 fully saturated rings. The number of carbonyl (C=O) groups is 4. The van der Waals surface area contributed by atoms with Crippen LogP contribution in [0, 0.1) is 33.8 Å². The molecule has 2 saturated carbocycles. The Morgan fingerprint density at radius 1 is 0.310 bits per heavy atom. The fourth-order valence-electron chi connectivity index (χ4n) is 31.9. The van der Waals surface area contributed by atoms with Gasteiger partial charge in [0.05, 0.1) is 46.0 Å². The standard InChI is InChI=1S/C90H44O8Si2/c1-9-95-81(91)89-83(93)97-21-23(17-19-99(11-3,12-4)13-5)24(18-20-100(14-6,15-7)16-8)22-98-84(94)90(82(92)96-10-2)86-75-64-54-44-34-28-25-26-31-37-33-27(25)29-30(28)36-42-41-35(29)45-43(33)53-47(37)57-49-39(31)40-32(26)38(34)48(54)58-50(40)60-59(49)69-67(57)74-63(53)65-55(45)51(41)61-62-52(42)56(46(36)44)66(64)77(86)72(62)73-71(61)76(65)85(74,89)87(89)78(69)79(70(60)68(58)75)88(86,90)80(73)87/h9-16,21-22H2,1-8H3/b24-23+. The van der Waals surface area contributed by atoms with Gasteiger partial charge in [-0.05, 0) is 353 Å². The average molecular weight is 1310 g/mol. The largest absolute Gasteiger partial charge is 0.465 e. The van der Waals surface area contributed by atoms with Gasteiger partial charge >= 0.3 is 23.9 Å². The van der Waals surface area contributed by atoms with Crippen molar-refractivity contribution in [3.8, 4) is 22.9 Å². The minimum atomic E-state index is -2.25. The second-order valence-electron chi connectivity index (χ2n) is 34.2. The number of cyclic esters (lactones) is 2. The highest BCUT2D eigenvalue weighted by Gasteiger charge is 3.11. The van der Waals surface area contributed by atoms with Gasteiger partial charge in [-0.15, -0.1) is 11.1 Å². The predicted octanol–water partition coefficient (Wildman–Crippen LogP) is 18.7. The molecule has 6 atom stereocenters. The molecule has 9 aliphatic carbocycles. The smallest absolute Gasteiger partial charge is 0.326 e. The summed E-state index contributed by atoms with van der Waals surface area (Å²) in [6, 6.07) is 5.60. The second kappa shape index (κ2) is 11.7. The molecule has 1 heterocycles. The average Bonchev–Trinajstić information content (AvgIpc) is 1.33. The molecule has 100 heavy (non-hydrogen) atoms. The molecule has 10 aliphatic rings. The van der Waals surface area contributed by atoms with Gasteiger partial charge in [-0.25, -0.2) is 0 Å². The molecular weight excluding hydrogens is 1270 g/mol. The van der Waals surface area contributed by atoms with Crippen molar-refractivity contribution >= 4 is 304 Å². The third-order valence-electron chi connectivity index (χ3n) is 34.1. The molecule has 25 aromatic carbocycles. The topological polar surface area (TPSA) is 105 Å². The number of esters is 4. The molecule has 1 aliphatic heterocycles. The van der Waals surface area contributed by atoms with Crippen LogP contribution in [-0.2, 0) is 59.8 Å². The molecule has 2 bridgehead atoms. The van der Waals surface area contributed by atoms with Crippen molar-refractivity contribution in [2.75, 3.05) is 26.4 Å². The Kier molecular flexibility index (Phi) is 5.52. The van der Waals surface area contributed by atoms with E-state index in [-0.39, 0.29) is 26.4 Å². The first kappa shape index (κ1) is 47.0. The molecule has 0 radical (unpaired) electrons. The van der Waals surface area contributed by atoms with E-state index >= 15 is 19.2 Å². The highest BCUT2D eigenvalue weighted by Crippen LogP contribution is 3.05. The first-order chi connectivity index (χ1) is 49.0. The molecule has 0 amide bonds. The number of ether oxygens (including phenoxy) is 4. The van der Waals surface area contributed by atoms with Crippen LogP contribution in [0.1, 0.15) is 88.8 Å². The van der Waals surface area contributed by atoms with Crippen molar-refractivity contribution in [3.05, 3.63) is 49.7 Å². The SMILES string of the molecule is CCOC(=O)C12C(=O)OC/C(C#C[Si](CC)(CC)CC)=C(\C#C[Si](CC)(CC)CC)COC(=O)C3(C(=O)OCC)C45C6=c7c8c9c%10c%11c%12c%13c%14c(c4c4c%15c%16c%17c%18c(c7c7c8c8c%10c%10c%19c%11c%11c%13c%13c%14c4c4c%15c%14c%17c%15c%17c%18c7c7c8c%10c8c(c%177)c7c%15c%14c%10c4c%13c4c%11c%19c8c7c4%10)C%1635)C61C9%122. The Hall–Kier alpha value is -10.1. The summed E-state index contributed by atoms with van der Waals surface area (Å²) in [4.78, 5) is 73.2. The quantitative estimate of drug-likeness (QED) is 0.0333. The predicted molar refractivity (Wildman–Crippen MR) is 404 cm³/mol. The molecule has 460 valence electrons. The van der Waals surface area contributed by atoms with Gasteiger partial charge in [-0.3, -0.25) is 19.2 Å². The van der Waals surface area contributed by atoms with E-state index < -0.39 is 72.5 Å². The number of carbonyl (C=O) groups excluding carboxylic acids is 4. The zero-order valence-electron chi connectivity index (χ0n) is 55.3. The van der Waals surface area contributed by atoms with Crippen LogP contribution in [0.15, 0.2) is 11.1 Å². The minimum absolute atomic E-state index is 0.0191. The summed E-state index contributed by atoms with van der Waals surface area (Å²) in [6.45, 7) is 16.7. The lowest BCUT2D eigenvalue weighted by molar-refractivity contribution is -0.167. The van der Waals surface area contributed by atoms with Gasteiger partial charge in [-0.1, -0.05) is 53.4 Å². The van der Waals surface area contributed by atoms with Gasteiger partial charge in [0.2, 0.25) is 0 Å². The summed E-state index contributed by atoms with van der Waals surface area (Å²) in [5.41, 5.74) is 5.60. The Morgan fingerprint density at radius 2 is 0.520 bits per heavy atom. The summed E-state index contributed by atoms with van der Waals surface area (Å²) < 4.78 is 29.2. The fourth-order valence-corrected chi connectivity index (χ4v) is 36.8. The molecule has 4 spiro atoms. The summed E-state index contributed by atoms with van der Waals surface area (Å²) in [6.07, 6.45) is 0. The second-order valence-corrected chi connectivity index (χ2v) is 44.1. The van der Waals surface area contributed by atoms with Crippen LogP contribution in [0.5, 0.6) is 0 Å². The number of benzene rings is 16. The lowest BCUT2D eigenvalue weighted by Crippen LogP contribution is -2.41. The van der Waals surface area contributed by atoms with Crippen LogP contribution in [-0.4, -0.2) is 66.5 Å². The fraction of sp³-hybridized carbons (Fsp3) is 0.267. The lowest BCUT2D eigenvalue weighted by Gasteiger charge is -2.35. The van der Waals surface area contributed by atoms with Crippen LogP contribution >= 0.6 is 0 Å². The van der Waals surface area contributed by atoms with Gasteiger partial charge in [-0.2, -0.15) is 0 Å². The van der Waals surface area contributed by atoms with Crippen molar-refractivity contribution in [1.29, 1.82) is 0 Å². The maximum Gasteiger partial charge on any atom is 0.326 e. The van der Waals surface area contributed by atoms with Crippen molar-refractivity contribution in [2.45, 2.75) is 113 Å². The van der Waals surface area contributed by atoms with Crippen LogP contribution in [0.25, 0.3) is 264 Å². The molecule has 35 rings (SSSR count). The van der Waals surface area contributed by atoms with Crippen LogP contribution < -0.4 is 5.22 Å². The molecule has 8 nitrogen and oxygen atoms in total. The maximum atomic E-state index is 18.6. The Labute approximate surface area is 562 Å². The van der Waals surface area contributed by atoms with E-state index in [4.69, 9.17) is 18.9 Å². The van der Waals surface area contributed by atoms with Crippen molar-refractivity contribution in [3.63, 3.8) is 0 Å². The van der Waals surface area contributed by atoms with E-state index in [0.29, 0.717) is 11.1 Å². The summed E-state index contributed by atoms with van der Waals surface area (Å²) in [5, 5.41) is 64.3. The summed E-state index contributed by atoms with van der Waals surface area (Å²) in [5.74, 6) is 5.11. The third-order valence-corrected chi connectivity index (χ3v) is 43.5.